The lowest BCUT2D eigenvalue weighted by Crippen LogP contribution is -2.04. The van der Waals surface area contributed by atoms with Crippen LogP contribution in [-0.4, -0.2) is 15.8 Å². The first-order chi connectivity index (χ1) is 12.8. The standard InChI is InChI=1S/C23H16N2O/c26-23(19-7-2-1-3-8-19)20(16-17-12-14-24-15-13-17)22-11-10-18-6-4-5-9-21(18)25-22/h1-16H. The Kier molecular flexibility index (Phi) is 4.35. The quantitative estimate of drug-likeness (QED) is 0.387. The molecule has 2 heterocycles. The second kappa shape index (κ2) is 7.11. The Morgan fingerprint density at radius 3 is 2.31 bits per heavy atom. The maximum absolute atomic E-state index is 13.2. The Morgan fingerprint density at radius 1 is 0.769 bits per heavy atom. The van der Waals surface area contributed by atoms with Crippen LogP contribution in [0.2, 0.25) is 0 Å². The molecule has 4 rings (SSSR count). The molecule has 0 aliphatic rings. The summed E-state index contributed by atoms with van der Waals surface area (Å²) >= 11 is 0. The molecule has 0 saturated carbocycles. The van der Waals surface area contributed by atoms with E-state index in [1.807, 2.05) is 84.9 Å². The number of carbonyl (C=O) groups excluding carboxylic acids is 1. The van der Waals surface area contributed by atoms with Crippen LogP contribution in [0.4, 0.5) is 0 Å². The molecule has 26 heavy (non-hydrogen) atoms. The highest BCUT2D eigenvalue weighted by Crippen LogP contribution is 2.23. The zero-order valence-electron chi connectivity index (χ0n) is 14.0. The van der Waals surface area contributed by atoms with Gasteiger partial charge >= 0.3 is 0 Å². The number of ketones is 1. The summed E-state index contributed by atoms with van der Waals surface area (Å²) in [6.45, 7) is 0. The molecule has 0 unspecified atom stereocenters. The summed E-state index contributed by atoms with van der Waals surface area (Å²) in [5.74, 6) is -0.0507. The second-order valence-corrected chi connectivity index (χ2v) is 5.92. The van der Waals surface area contributed by atoms with E-state index in [4.69, 9.17) is 4.98 Å². The first-order valence-electron chi connectivity index (χ1n) is 8.39. The van der Waals surface area contributed by atoms with Crippen molar-refractivity contribution < 1.29 is 4.79 Å². The number of hydrogen-bond acceptors (Lipinski definition) is 3. The van der Waals surface area contributed by atoms with Crippen molar-refractivity contribution >= 4 is 28.3 Å². The Morgan fingerprint density at radius 2 is 1.50 bits per heavy atom. The smallest absolute Gasteiger partial charge is 0.195 e. The maximum atomic E-state index is 13.2. The zero-order valence-corrected chi connectivity index (χ0v) is 14.0. The summed E-state index contributed by atoms with van der Waals surface area (Å²) in [5, 5.41) is 1.05. The number of Topliss-reactive ketones (excluding diaryl/α,β-unsaturated/α-hetero) is 1. The number of carbonyl (C=O) groups is 1. The Labute approximate surface area is 151 Å². The predicted molar refractivity (Wildman–Crippen MR) is 105 cm³/mol. The average molecular weight is 336 g/mol. The number of allylic oxidation sites excluding steroid dienone is 1. The summed E-state index contributed by atoms with van der Waals surface area (Å²) in [6, 6.07) is 24.8. The third kappa shape index (κ3) is 3.28. The molecule has 3 nitrogen and oxygen atoms in total. The fraction of sp³-hybridized carbons (Fsp3) is 0. The number of pyridine rings is 2. The predicted octanol–water partition coefficient (Wildman–Crippen LogP) is 5.05. The Hall–Kier alpha value is -3.59. The van der Waals surface area contributed by atoms with Gasteiger partial charge in [0.2, 0.25) is 0 Å². The monoisotopic (exact) mass is 336 g/mol. The zero-order chi connectivity index (χ0) is 17.8. The van der Waals surface area contributed by atoms with E-state index in [0.717, 1.165) is 16.5 Å². The molecular formula is C23H16N2O. The molecule has 0 amide bonds. The SMILES string of the molecule is O=C(C(=Cc1ccncc1)c1ccc2ccccc2n1)c1ccccc1. The van der Waals surface area contributed by atoms with E-state index in [2.05, 4.69) is 4.98 Å². The van der Waals surface area contributed by atoms with Gasteiger partial charge in [0.1, 0.15) is 0 Å². The summed E-state index contributed by atoms with van der Waals surface area (Å²) in [4.78, 5) is 21.9. The number of aromatic nitrogens is 2. The minimum absolute atomic E-state index is 0.0507. The van der Waals surface area contributed by atoms with Crippen LogP contribution in [-0.2, 0) is 0 Å². The van der Waals surface area contributed by atoms with E-state index in [-0.39, 0.29) is 5.78 Å². The number of hydrogen-bond donors (Lipinski definition) is 0. The first kappa shape index (κ1) is 15.9. The minimum atomic E-state index is -0.0507. The van der Waals surface area contributed by atoms with Gasteiger partial charge < -0.3 is 0 Å². The molecule has 2 aromatic carbocycles. The van der Waals surface area contributed by atoms with Crippen molar-refractivity contribution in [1.29, 1.82) is 0 Å². The van der Waals surface area contributed by atoms with Crippen LogP contribution < -0.4 is 0 Å². The van der Waals surface area contributed by atoms with Crippen molar-refractivity contribution in [1.82, 2.24) is 9.97 Å². The normalized spacial score (nSPS) is 11.5. The molecule has 2 aromatic heterocycles. The third-order valence-corrected chi connectivity index (χ3v) is 4.17. The second-order valence-electron chi connectivity index (χ2n) is 5.92. The van der Waals surface area contributed by atoms with Crippen LogP contribution >= 0.6 is 0 Å². The number of fused-ring (bicyclic) bond motifs is 1. The molecule has 0 spiro atoms. The van der Waals surface area contributed by atoms with E-state index in [1.54, 1.807) is 12.4 Å². The number of rotatable bonds is 4. The van der Waals surface area contributed by atoms with Gasteiger partial charge in [0.25, 0.3) is 0 Å². The largest absolute Gasteiger partial charge is 0.289 e. The number of nitrogens with zero attached hydrogens (tertiary/aromatic N) is 2. The van der Waals surface area contributed by atoms with Gasteiger partial charge in [0, 0.05) is 28.9 Å². The molecule has 4 aromatic rings. The topological polar surface area (TPSA) is 42.9 Å². The molecule has 0 saturated heterocycles. The molecule has 0 atom stereocenters. The maximum Gasteiger partial charge on any atom is 0.195 e. The molecular weight excluding hydrogens is 320 g/mol. The van der Waals surface area contributed by atoms with Gasteiger partial charge in [-0.15, -0.1) is 0 Å². The van der Waals surface area contributed by atoms with Gasteiger partial charge in [-0.05, 0) is 35.9 Å². The van der Waals surface area contributed by atoms with Crippen LogP contribution in [0, 0.1) is 0 Å². The summed E-state index contributed by atoms with van der Waals surface area (Å²) in [7, 11) is 0. The van der Waals surface area contributed by atoms with E-state index in [1.165, 1.54) is 0 Å². The Balaban J connectivity index is 1.87. The highest BCUT2D eigenvalue weighted by Gasteiger charge is 2.16. The highest BCUT2D eigenvalue weighted by atomic mass is 16.1. The van der Waals surface area contributed by atoms with Crippen molar-refractivity contribution in [3.63, 3.8) is 0 Å². The van der Waals surface area contributed by atoms with Crippen LogP contribution in [0.25, 0.3) is 22.6 Å². The van der Waals surface area contributed by atoms with Crippen molar-refractivity contribution in [3.05, 3.63) is 108 Å². The van der Waals surface area contributed by atoms with Crippen molar-refractivity contribution in [2.75, 3.05) is 0 Å². The lowest BCUT2D eigenvalue weighted by molar-refractivity contribution is 0.105. The van der Waals surface area contributed by atoms with Crippen LogP contribution in [0.15, 0.2) is 91.3 Å². The molecule has 0 bridgehead atoms. The fourth-order valence-corrected chi connectivity index (χ4v) is 2.84. The minimum Gasteiger partial charge on any atom is -0.289 e. The molecule has 0 aliphatic heterocycles. The van der Waals surface area contributed by atoms with Crippen LogP contribution in [0.5, 0.6) is 0 Å². The highest BCUT2D eigenvalue weighted by molar-refractivity contribution is 6.32. The van der Waals surface area contributed by atoms with E-state index in [0.29, 0.717) is 16.8 Å². The summed E-state index contributed by atoms with van der Waals surface area (Å²) in [5.41, 5.74) is 3.64. The average Bonchev–Trinajstić information content (AvgIpc) is 2.72. The molecule has 124 valence electrons. The van der Waals surface area contributed by atoms with Crippen molar-refractivity contribution in [2.24, 2.45) is 0 Å². The fourth-order valence-electron chi connectivity index (χ4n) is 2.84. The molecule has 3 heteroatoms. The van der Waals surface area contributed by atoms with Crippen LogP contribution in [0.3, 0.4) is 0 Å². The molecule has 0 N–H and O–H groups in total. The van der Waals surface area contributed by atoms with E-state index >= 15 is 0 Å². The van der Waals surface area contributed by atoms with Gasteiger partial charge in [0.15, 0.2) is 5.78 Å². The summed E-state index contributed by atoms with van der Waals surface area (Å²) < 4.78 is 0. The van der Waals surface area contributed by atoms with Gasteiger partial charge in [-0.2, -0.15) is 0 Å². The Bertz CT molecular complexity index is 1090. The first-order valence-corrected chi connectivity index (χ1v) is 8.39. The summed E-state index contributed by atoms with van der Waals surface area (Å²) in [6.07, 6.45) is 5.29. The number of para-hydroxylation sites is 1. The van der Waals surface area contributed by atoms with E-state index in [9.17, 15) is 4.79 Å². The van der Waals surface area contributed by atoms with Gasteiger partial charge in [-0.25, -0.2) is 4.98 Å². The van der Waals surface area contributed by atoms with Crippen molar-refractivity contribution in [2.45, 2.75) is 0 Å². The lowest BCUT2D eigenvalue weighted by atomic mass is 9.97. The third-order valence-electron chi connectivity index (χ3n) is 4.17. The van der Waals surface area contributed by atoms with Crippen molar-refractivity contribution in [3.8, 4) is 0 Å². The van der Waals surface area contributed by atoms with Gasteiger partial charge in [0.05, 0.1) is 11.2 Å². The lowest BCUT2D eigenvalue weighted by Gasteiger charge is -2.08. The van der Waals surface area contributed by atoms with Gasteiger partial charge in [-0.1, -0.05) is 54.6 Å². The molecule has 0 radical (unpaired) electrons. The molecule has 0 aliphatic carbocycles. The van der Waals surface area contributed by atoms with Gasteiger partial charge in [-0.3, -0.25) is 9.78 Å². The molecule has 0 fully saturated rings. The van der Waals surface area contributed by atoms with Crippen LogP contribution in [0.1, 0.15) is 21.6 Å². The number of benzene rings is 2. The van der Waals surface area contributed by atoms with E-state index < -0.39 is 0 Å².